The third-order valence-electron chi connectivity index (χ3n) is 2.58. The van der Waals surface area contributed by atoms with Gasteiger partial charge in [0.2, 0.25) is 0 Å². The Kier molecular flexibility index (Phi) is 1.72. The van der Waals surface area contributed by atoms with Crippen LogP contribution in [0.2, 0.25) is 0 Å². The van der Waals surface area contributed by atoms with Crippen LogP contribution in [0.5, 0.6) is 0 Å². The highest BCUT2D eigenvalue weighted by Crippen LogP contribution is 2.54. The lowest BCUT2D eigenvalue weighted by molar-refractivity contribution is 0.491. The van der Waals surface area contributed by atoms with Gasteiger partial charge < -0.3 is 0 Å². The molecule has 0 aromatic heterocycles. The van der Waals surface area contributed by atoms with E-state index >= 15 is 0 Å². The Morgan fingerprint density at radius 2 is 2.20 bits per heavy atom. The van der Waals surface area contributed by atoms with Crippen molar-refractivity contribution < 1.29 is 0 Å². The van der Waals surface area contributed by atoms with E-state index in [1.54, 1.807) is 0 Å². The van der Waals surface area contributed by atoms with Crippen LogP contribution in [0.3, 0.4) is 0 Å². The van der Waals surface area contributed by atoms with Crippen LogP contribution >= 0.6 is 0 Å². The molecule has 56 valence electrons. The molecule has 0 radical (unpaired) electrons. The van der Waals surface area contributed by atoms with Crippen LogP contribution in [-0.2, 0) is 0 Å². The molecule has 2 atom stereocenters. The predicted octanol–water partition coefficient (Wildman–Crippen LogP) is 2.58. The maximum atomic E-state index is 8.53. The van der Waals surface area contributed by atoms with Crippen molar-refractivity contribution in [3.05, 3.63) is 0 Å². The van der Waals surface area contributed by atoms with Gasteiger partial charge in [0, 0.05) is 5.92 Å². The van der Waals surface area contributed by atoms with Crippen molar-refractivity contribution >= 4 is 0 Å². The van der Waals surface area contributed by atoms with Crippen molar-refractivity contribution in [1.29, 1.82) is 5.26 Å². The van der Waals surface area contributed by atoms with Crippen molar-refractivity contribution in [2.75, 3.05) is 0 Å². The Bertz CT molecular complexity index is 164. The SMILES string of the molecule is CC(C#N)CC1CC1(C)C. The first kappa shape index (κ1) is 7.60. The molecule has 0 aromatic rings. The van der Waals surface area contributed by atoms with Crippen LogP contribution in [0.25, 0.3) is 0 Å². The number of hydrogen-bond donors (Lipinski definition) is 0. The van der Waals surface area contributed by atoms with Gasteiger partial charge in [-0.1, -0.05) is 13.8 Å². The van der Waals surface area contributed by atoms with E-state index < -0.39 is 0 Å². The van der Waals surface area contributed by atoms with Gasteiger partial charge in [0.25, 0.3) is 0 Å². The smallest absolute Gasteiger partial charge is 0.0652 e. The number of nitrogens with zero attached hydrogens (tertiary/aromatic N) is 1. The first-order chi connectivity index (χ1) is 4.56. The van der Waals surface area contributed by atoms with Gasteiger partial charge in [0.15, 0.2) is 0 Å². The predicted molar refractivity (Wildman–Crippen MR) is 41.3 cm³/mol. The standard InChI is InChI=1S/C9H15N/c1-7(6-10)4-8-5-9(8,2)3/h7-8H,4-5H2,1-3H3. The summed E-state index contributed by atoms with van der Waals surface area (Å²) in [5.41, 5.74) is 0.547. The minimum atomic E-state index is 0.256. The quantitative estimate of drug-likeness (QED) is 0.574. The Balaban J connectivity index is 2.26. The van der Waals surface area contributed by atoms with Crippen LogP contribution in [0.15, 0.2) is 0 Å². The average molecular weight is 137 g/mol. The highest BCUT2D eigenvalue weighted by Gasteiger charge is 2.45. The van der Waals surface area contributed by atoms with E-state index in [1.165, 1.54) is 6.42 Å². The molecule has 10 heavy (non-hydrogen) atoms. The Labute approximate surface area is 63.0 Å². The van der Waals surface area contributed by atoms with Crippen LogP contribution in [0.4, 0.5) is 0 Å². The first-order valence-corrected chi connectivity index (χ1v) is 3.96. The molecule has 1 saturated carbocycles. The second-order valence-electron chi connectivity index (χ2n) is 4.16. The molecule has 0 amide bonds. The normalized spacial score (nSPS) is 30.8. The molecule has 1 rings (SSSR count). The van der Waals surface area contributed by atoms with E-state index in [0.29, 0.717) is 5.41 Å². The second-order valence-corrected chi connectivity index (χ2v) is 4.16. The largest absolute Gasteiger partial charge is 0.198 e. The highest BCUT2D eigenvalue weighted by atomic mass is 14.5. The number of nitriles is 1. The van der Waals surface area contributed by atoms with Gasteiger partial charge in [-0.2, -0.15) is 5.26 Å². The van der Waals surface area contributed by atoms with E-state index in [2.05, 4.69) is 19.9 Å². The molecule has 0 aliphatic heterocycles. The van der Waals surface area contributed by atoms with E-state index in [9.17, 15) is 0 Å². The van der Waals surface area contributed by atoms with Crippen molar-refractivity contribution in [2.24, 2.45) is 17.3 Å². The fourth-order valence-electron chi connectivity index (χ4n) is 1.46. The van der Waals surface area contributed by atoms with Gasteiger partial charge in [0.05, 0.1) is 6.07 Å². The van der Waals surface area contributed by atoms with E-state index in [1.807, 2.05) is 6.92 Å². The molecule has 0 spiro atoms. The monoisotopic (exact) mass is 137 g/mol. The van der Waals surface area contributed by atoms with Crippen LogP contribution in [-0.4, -0.2) is 0 Å². The van der Waals surface area contributed by atoms with Gasteiger partial charge in [-0.25, -0.2) is 0 Å². The highest BCUT2D eigenvalue weighted by molar-refractivity contribution is 4.98. The lowest BCUT2D eigenvalue weighted by atomic mass is 10.0. The summed E-state index contributed by atoms with van der Waals surface area (Å²) in [6.07, 6.45) is 2.42. The van der Waals surface area contributed by atoms with Crippen LogP contribution < -0.4 is 0 Å². The van der Waals surface area contributed by atoms with Crippen LogP contribution in [0, 0.1) is 28.6 Å². The molecule has 1 fully saturated rings. The van der Waals surface area contributed by atoms with Gasteiger partial charge >= 0.3 is 0 Å². The molecular weight excluding hydrogens is 122 g/mol. The summed E-state index contributed by atoms with van der Waals surface area (Å²) in [6.45, 7) is 6.57. The zero-order valence-corrected chi connectivity index (χ0v) is 7.02. The van der Waals surface area contributed by atoms with Crippen molar-refractivity contribution in [3.63, 3.8) is 0 Å². The summed E-state index contributed by atoms with van der Waals surface area (Å²) >= 11 is 0. The average Bonchev–Trinajstić information content (AvgIpc) is 2.40. The van der Waals surface area contributed by atoms with Gasteiger partial charge in [0.1, 0.15) is 0 Å². The van der Waals surface area contributed by atoms with Crippen molar-refractivity contribution in [3.8, 4) is 6.07 Å². The summed E-state index contributed by atoms with van der Waals surface area (Å²) in [5.74, 6) is 1.08. The zero-order valence-electron chi connectivity index (χ0n) is 7.02. The molecule has 2 unspecified atom stereocenters. The molecule has 1 aliphatic rings. The molecule has 1 aliphatic carbocycles. The van der Waals surface area contributed by atoms with Crippen LogP contribution in [0.1, 0.15) is 33.6 Å². The summed E-state index contributed by atoms with van der Waals surface area (Å²) < 4.78 is 0. The molecular formula is C9H15N. The lowest BCUT2D eigenvalue weighted by Gasteiger charge is -2.03. The van der Waals surface area contributed by atoms with Gasteiger partial charge in [-0.3, -0.25) is 0 Å². The Morgan fingerprint density at radius 1 is 1.70 bits per heavy atom. The molecule has 1 nitrogen and oxygen atoms in total. The molecule has 0 bridgehead atoms. The Hall–Kier alpha value is -0.510. The fraction of sp³-hybridized carbons (Fsp3) is 0.889. The number of rotatable bonds is 2. The molecule has 0 aromatic carbocycles. The molecule has 0 saturated heterocycles. The second kappa shape index (κ2) is 2.27. The Morgan fingerprint density at radius 3 is 2.50 bits per heavy atom. The minimum absolute atomic E-state index is 0.256. The third kappa shape index (κ3) is 1.50. The summed E-state index contributed by atoms with van der Waals surface area (Å²) in [4.78, 5) is 0. The summed E-state index contributed by atoms with van der Waals surface area (Å²) in [7, 11) is 0. The topological polar surface area (TPSA) is 23.8 Å². The van der Waals surface area contributed by atoms with E-state index in [-0.39, 0.29) is 5.92 Å². The van der Waals surface area contributed by atoms with Gasteiger partial charge in [-0.15, -0.1) is 0 Å². The number of hydrogen-bond acceptors (Lipinski definition) is 1. The van der Waals surface area contributed by atoms with Gasteiger partial charge in [-0.05, 0) is 31.1 Å². The van der Waals surface area contributed by atoms with Crippen molar-refractivity contribution in [1.82, 2.24) is 0 Å². The maximum absolute atomic E-state index is 8.53. The summed E-state index contributed by atoms with van der Waals surface area (Å²) in [6, 6.07) is 2.27. The molecule has 0 N–H and O–H groups in total. The maximum Gasteiger partial charge on any atom is 0.0652 e. The summed E-state index contributed by atoms with van der Waals surface area (Å²) in [5, 5.41) is 8.53. The molecule has 0 heterocycles. The fourth-order valence-corrected chi connectivity index (χ4v) is 1.46. The first-order valence-electron chi connectivity index (χ1n) is 3.96. The molecule has 1 heteroatoms. The van der Waals surface area contributed by atoms with E-state index in [4.69, 9.17) is 5.26 Å². The van der Waals surface area contributed by atoms with E-state index in [0.717, 1.165) is 12.3 Å². The van der Waals surface area contributed by atoms with Crippen molar-refractivity contribution in [2.45, 2.75) is 33.6 Å². The minimum Gasteiger partial charge on any atom is -0.198 e. The zero-order chi connectivity index (χ0) is 7.78. The third-order valence-corrected chi connectivity index (χ3v) is 2.58. The lowest BCUT2D eigenvalue weighted by Crippen LogP contribution is -1.96.